The van der Waals surface area contributed by atoms with Crippen LogP contribution in [0, 0.1) is 10.1 Å². The van der Waals surface area contributed by atoms with Crippen LogP contribution in [0.2, 0.25) is 0 Å². The van der Waals surface area contributed by atoms with Crippen molar-refractivity contribution in [1.82, 2.24) is 9.55 Å². The van der Waals surface area contributed by atoms with Crippen molar-refractivity contribution < 1.29 is 4.92 Å². The van der Waals surface area contributed by atoms with Crippen LogP contribution in [0.5, 0.6) is 0 Å². The summed E-state index contributed by atoms with van der Waals surface area (Å²) in [6.45, 7) is 0.119. The van der Waals surface area contributed by atoms with E-state index in [4.69, 9.17) is 0 Å². The van der Waals surface area contributed by atoms with Crippen molar-refractivity contribution in [3.8, 4) is 0 Å². The Balaban J connectivity index is 2.09. The fourth-order valence-corrected chi connectivity index (χ4v) is 2.22. The molecule has 0 fully saturated rings. The van der Waals surface area contributed by atoms with Crippen LogP contribution >= 0.6 is 0 Å². The molecule has 6 heteroatoms. The number of hydrogen-bond donors (Lipinski definition) is 0. The number of para-hydroxylation sites is 2. The highest BCUT2D eigenvalue weighted by Gasteiger charge is 2.13. The molecule has 21 heavy (non-hydrogen) atoms. The molecule has 0 aliphatic rings. The zero-order chi connectivity index (χ0) is 14.8. The van der Waals surface area contributed by atoms with Gasteiger partial charge in [-0.3, -0.25) is 19.5 Å². The van der Waals surface area contributed by atoms with E-state index in [2.05, 4.69) is 4.98 Å². The smallest absolute Gasteiger partial charge is 0.274 e. The molecular weight excluding hydrogens is 270 g/mol. The summed E-state index contributed by atoms with van der Waals surface area (Å²) in [6.07, 6.45) is 1.42. The molecule has 0 atom stereocenters. The molecule has 0 unspecified atom stereocenters. The van der Waals surface area contributed by atoms with Crippen LogP contribution in [0.4, 0.5) is 5.69 Å². The third kappa shape index (κ3) is 2.38. The van der Waals surface area contributed by atoms with E-state index < -0.39 is 4.92 Å². The third-order valence-corrected chi connectivity index (χ3v) is 3.26. The molecule has 0 saturated carbocycles. The van der Waals surface area contributed by atoms with Crippen LogP contribution in [-0.4, -0.2) is 14.5 Å². The summed E-state index contributed by atoms with van der Waals surface area (Å²) in [5.74, 6) is 0. The fourth-order valence-electron chi connectivity index (χ4n) is 2.22. The molecule has 2 aromatic carbocycles. The van der Waals surface area contributed by atoms with Gasteiger partial charge in [-0.2, -0.15) is 0 Å². The quantitative estimate of drug-likeness (QED) is 0.545. The van der Waals surface area contributed by atoms with Gasteiger partial charge in [0, 0.05) is 11.6 Å². The summed E-state index contributed by atoms with van der Waals surface area (Å²) in [6, 6.07) is 13.4. The first-order valence-electron chi connectivity index (χ1n) is 6.33. The Bertz CT molecular complexity index is 886. The number of nitrogens with zero attached hydrogens (tertiary/aromatic N) is 3. The van der Waals surface area contributed by atoms with Crippen molar-refractivity contribution in [3.63, 3.8) is 0 Å². The standard InChI is InChI=1S/C15H11N3O3/c19-15-12-6-2-3-7-13(12)16-10-17(15)9-11-5-1-4-8-14(11)18(20)21/h1-8,10H,9H2. The maximum Gasteiger partial charge on any atom is 0.274 e. The van der Waals surface area contributed by atoms with Crippen LogP contribution in [0.1, 0.15) is 5.56 Å². The van der Waals surface area contributed by atoms with Crippen molar-refractivity contribution >= 4 is 16.6 Å². The lowest BCUT2D eigenvalue weighted by atomic mass is 10.1. The van der Waals surface area contributed by atoms with Crippen molar-refractivity contribution in [1.29, 1.82) is 0 Å². The van der Waals surface area contributed by atoms with Gasteiger partial charge in [0.1, 0.15) is 0 Å². The van der Waals surface area contributed by atoms with Gasteiger partial charge < -0.3 is 0 Å². The van der Waals surface area contributed by atoms with Gasteiger partial charge in [-0.15, -0.1) is 0 Å². The van der Waals surface area contributed by atoms with E-state index in [1.165, 1.54) is 17.0 Å². The van der Waals surface area contributed by atoms with Gasteiger partial charge in [0.25, 0.3) is 11.2 Å². The Labute approximate surface area is 119 Å². The molecule has 0 N–H and O–H groups in total. The van der Waals surface area contributed by atoms with E-state index in [1.54, 1.807) is 42.5 Å². The van der Waals surface area contributed by atoms with Gasteiger partial charge in [-0.1, -0.05) is 30.3 Å². The van der Waals surface area contributed by atoms with Gasteiger partial charge in [-0.05, 0) is 12.1 Å². The molecule has 0 aliphatic heterocycles. The Morgan fingerprint density at radius 3 is 2.62 bits per heavy atom. The normalized spacial score (nSPS) is 10.7. The Morgan fingerprint density at radius 2 is 1.81 bits per heavy atom. The summed E-state index contributed by atoms with van der Waals surface area (Å²) < 4.78 is 1.38. The van der Waals surface area contributed by atoms with Gasteiger partial charge in [0.2, 0.25) is 0 Å². The lowest BCUT2D eigenvalue weighted by molar-refractivity contribution is -0.385. The zero-order valence-electron chi connectivity index (χ0n) is 11.0. The molecule has 0 spiro atoms. The van der Waals surface area contributed by atoms with Crippen LogP contribution < -0.4 is 5.56 Å². The molecule has 3 rings (SSSR count). The van der Waals surface area contributed by atoms with Crippen molar-refractivity contribution in [3.05, 3.63) is 80.9 Å². The largest absolute Gasteiger partial charge is 0.294 e. The van der Waals surface area contributed by atoms with Crippen molar-refractivity contribution in [2.24, 2.45) is 0 Å². The predicted molar refractivity (Wildman–Crippen MR) is 78.2 cm³/mol. The second-order valence-corrected chi connectivity index (χ2v) is 4.58. The van der Waals surface area contributed by atoms with Crippen LogP contribution in [-0.2, 0) is 6.54 Å². The van der Waals surface area contributed by atoms with Crippen molar-refractivity contribution in [2.45, 2.75) is 6.54 Å². The second-order valence-electron chi connectivity index (χ2n) is 4.58. The first-order chi connectivity index (χ1) is 10.2. The summed E-state index contributed by atoms with van der Waals surface area (Å²) in [5.41, 5.74) is 0.874. The van der Waals surface area contributed by atoms with E-state index in [9.17, 15) is 14.9 Å². The average Bonchev–Trinajstić information content (AvgIpc) is 2.51. The number of aromatic nitrogens is 2. The maximum absolute atomic E-state index is 12.4. The molecule has 1 heterocycles. The topological polar surface area (TPSA) is 78.0 Å². The number of nitro groups is 1. The molecule has 0 amide bonds. The SMILES string of the molecule is O=c1c2ccccc2ncn1Cc1ccccc1[N+](=O)[O-]. The zero-order valence-corrected chi connectivity index (χ0v) is 11.0. The Kier molecular flexibility index (Phi) is 3.19. The molecule has 0 radical (unpaired) electrons. The van der Waals surface area contributed by atoms with E-state index >= 15 is 0 Å². The fraction of sp³-hybridized carbons (Fsp3) is 0.0667. The molecule has 6 nitrogen and oxygen atoms in total. The maximum atomic E-state index is 12.4. The summed E-state index contributed by atoms with van der Waals surface area (Å²) in [5, 5.41) is 11.5. The van der Waals surface area contributed by atoms with Gasteiger partial charge in [-0.25, -0.2) is 4.98 Å². The minimum Gasteiger partial charge on any atom is -0.294 e. The third-order valence-electron chi connectivity index (χ3n) is 3.26. The van der Waals surface area contributed by atoms with Crippen LogP contribution in [0.3, 0.4) is 0 Å². The summed E-state index contributed by atoms with van der Waals surface area (Å²) in [4.78, 5) is 27.1. The molecule has 3 aromatic rings. The highest BCUT2D eigenvalue weighted by Crippen LogP contribution is 2.18. The highest BCUT2D eigenvalue weighted by atomic mass is 16.6. The van der Waals surface area contributed by atoms with Crippen molar-refractivity contribution in [2.75, 3.05) is 0 Å². The first-order valence-corrected chi connectivity index (χ1v) is 6.33. The van der Waals surface area contributed by atoms with Crippen LogP contribution in [0.15, 0.2) is 59.7 Å². The number of nitro benzene ring substituents is 1. The summed E-state index contributed by atoms with van der Waals surface area (Å²) in [7, 11) is 0. The second kappa shape index (κ2) is 5.16. The average molecular weight is 281 g/mol. The van der Waals surface area contributed by atoms with Gasteiger partial charge in [0.15, 0.2) is 0 Å². The van der Waals surface area contributed by atoms with Gasteiger partial charge in [0.05, 0.1) is 28.7 Å². The molecule has 1 aromatic heterocycles. The lowest BCUT2D eigenvalue weighted by Crippen LogP contribution is -2.21. The van der Waals surface area contributed by atoms with E-state index in [0.29, 0.717) is 16.5 Å². The number of benzene rings is 2. The minimum absolute atomic E-state index is 0.00226. The molecule has 0 bridgehead atoms. The molecule has 104 valence electrons. The molecule has 0 aliphatic carbocycles. The predicted octanol–water partition coefficient (Wildman–Crippen LogP) is 2.35. The summed E-state index contributed by atoms with van der Waals surface area (Å²) >= 11 is 0. The monoisotopic (exact) mass is 281 g/mol. The van der Waals surface area contributed by atoms with Crippen LogP contribution in [0.25, 0.3) is 10.9 Å². The van der Waals surface area contributed by atoms with Gasteiger partial charge >= 0.3 is 0 Å². The Hall–Kier alpha value is -3.02. The van der Waals surface area contributed by atoms with E-state index in [0.717, 1.165) is 0 Å². The minimum atomic E-state index is -0.450. The van der Waals surface area contributed by atoms with E-state index in [1.807, 2.05) is 0 Å². The number of hydrogen-bond acceptors (Lipinski definition) is 4. The van der Waals surface area contributed by atoms with E-state index in [-0.39, 0.29) is 17.8 Å². The number of fused-ring (bicyclic) bond motifs is 1. The lowest BCUT2D eigenvalue weighted by Gasteiger charge is -2.07. The molecule has 0 saturated heterocycles. The number of rotatable bonds is 3. The highest BCUT2D eigenvalue weighted by molar-refractivity contribution is 5.76. The first kappa shape index (κ1) is 13.0. The molecular formula is C15H11N3O3. The Morgan fingerprint density at radius 1 is 1.10 bits per heavy atom.